The second-order valence-electron chi connectivity index (χ2n) is 6.29. The summed E-state index contributed by atoms with van der Waals surface area (Å²) >= 11 is 0. The lowest BCUT2D eigenvalue weighted by Gasteiger charge is -2.60. The molecule has 3 aliphatic carbocycles. The Morgan fingerprint density at radius 3 is 2.62 bits per heavy atom. The number of carboxylic acids is 1. The minimum absolute atomic E-state index is 0.174. The van der Waals surface area contributed by atoms with E-state index in [1.165, 1.54) is 19.3 Å². The van der Waals surface area contributed by atoms with Crippen molar-refractivity contribution in [2.75, 3.05) is 20.1 Å². The van der Waals surface area contributed by atoms with Crippen LogP contribution in [-0.2, 0) is 4.79 Å². The first-order valence-electron chi connectivity index (χ1n) is 6.31. The van der Waals surface area contributed by atoms with Crippen LogP contribution in [0.15, 0.2) is 0 Å². The average molecular weight is 225 g/mol. The van der Waals surface area contributed by atoms with Gasteiger partial charge in [0, 0.05) is 6.54 Å². The normalized spacial score (nSPS) is 35.9. The van der Waals surface area contributed by atoms with Gasteiger partial charge in [0.15, 0.2) is 0 Å². The van der Waals surface area contributed by atoms with Gasteiger partial charge in [-0.15, -0.1) is 0 Å². The molecule has 0 aliphatic heterocycles. The highest BCUT2D eigenvalue weighted by Crippen LogP contribution is 2.61. The van der Waals surface area contributed by atoms with E-state index in [9.17, 15) is 4.79 Å². The van der Waals surface area contributed by atoms with E-state index in [-0.39, 0.29) is 6.54 Å². The smallest absolute Gasteiger partial charge is 0.317 e. The summed E-state index contributed by atoms with van der Waals surface area (Å²) in [5, 5.41) is 8.75. The third kappa shape index (κ3) is 1.97. The van der Waals surface area contributed by atoms with Gasteiger partial charge in [-0.05, 0) is 49.5 Å². The second-order valence-corrected chi connectivity index (χ2v) is 6.29. The molecule has 0 spiro atoms. The molecule has 3 atom stereocenters. The minimum atomic E-state index is -0.718. The lowest BCUT2D eigenvalue weighted by atomic mass is 9.45. The predicted octanol–water partition coefficient (Wildman–Crippen LogP) is 2.08. The summed E-state index contributed by atoms with van der Waals surface area (Å²) in [4.78, 5) is 12.6. The fraction of sp³-hybridized carbons (Fsp3) is 0.923. The van der Waals surface area contributed by atoms with Gasteiger partial charge in [0.05, 0.1) is 6.54 Å². The maximum absolute atomic E-state index is 10.6. The van der Waals surface area contributed by atoms with Gasteiger partial charge in [0.2, 0.25) is 0 Å². The lowest BCUT2D eigenvalue weighted by molar-refractivity contribution is -0.139. The summed E-state index contributed by atoms with van der Waals surface area (Å²) in [6.07, 6.45) is 4.01. The first-order valence-corrected chi connectivity index (χ1v) is 6.31. The van der Waals surface area contributed by atoms with Gasteiger partial charge in [-0.2, -0.15) is 0 Å². The summed E-state index contributed by atoms with van der Waals surface area (Å²) in [6.45, 7) is 5.89. The summed E-state index contributed by atoms with van der Waals surface area (Å²) in [7, 11) is 1.92. The van der Waals surface area contributed by atoms with Crippen LogP contribution in [0.2, 0.25) is 0 Å². The van der Waals surface area contributed by atoms with E-state index in [1.807, 2.05) is 11.9 Å². The zero-order chi connectivity index (χ0) is 11.9. The molecule has 0 heterocycles. The average Bonchev–Trinajstić information content (AvgIpc) is 2.15. The maximum atomic E-state index is 10.6. The van der Waals surface area contributed by atoms with Crippen molar-refractivity contribution in [3.05, 3.63) is 0 Å². The second kappa shape index (κ2) is 4.02. The molecule has 0 aromatic carbocycles. The Kier molecular flexibility index (Phi) is 2.99. The molecule has 92 valence electrons. The van der Waals surface area contributed by atoms with Gasteiger partial charge in [-0.1, -0.05) is 13.8 Å². The Balaban J connectivity index is 1.88. The number of likely N-dealkylation sites (N-methyl/N-ethyl adjacent to an activating group) is 1. The summed E-state index contributed by atoms with van der Waals surface area (Å²) < 4.78 is 0. The molecule has 0 aromatic heterocycles. The van der Waals surface area contributed by atoms with E-state index in [0.717, 1.165) is 18.4 Å². The molecule has 3 aliphatic rings. The van der Waals surface area contributed by atoms with E-state index in [2.05, 4.69) is 13.8 Å². The number of rotatable bonds is 4. The van der Waals surface area contributed by atoms with Crippen LogP contribution >= 0.6 is 0 Å². The van der Waals surface area contributed by atoms with Crippen molar-refractivity contribution in [3.8, 4) is 0 Å². The Morgan fingerprint density at radius 1 is 1.44 bits per heavy atom. The van der Waals surface area contributed by atoms with Gasteiger partial charge in [0.25, 0.3) is 0 Å². The molecule has 0 radical (unpaired) electrons. The zero-order valence-corrected chi connectivity index (χ0v) is 10.6. The highest BCUT2D eigenvalue weighted by atomic mass is 16.4. The van der Waals surface area contributed by atoms with Gasteiger partial charge in [-0.3, -0.25) is 9.69 Å². The molecule has 0 saturated heterocycles. The molecule has 3 heteroatoms. The number of hydrogen-bond acceptors (Lipinski definition) is 2. The molecule has 0 amide bonds. The van der Waals surface area contributed by atoms with Crippen LogP contribution in [0.4, 0.5) is 0 Å². The highest BCUT2D eigenvalue weighted by Gasteiger charge is 2.54. The van der Waals surface area contributed by atoms with Crippen molar-refractivity contribution in [3.63, 3.8) is 0 Å². The van der Waals surface area contributed by atoms with Crippen molar-refractivity contribution in [2.24, 2.45) is 23.2 Å². The van der Waals surface area contributed by atoms with Crippen LogP contribution in [0, 0.1) is 23.2 Å². The number of carboxylic acid groups (broad SMARTS) is 1. The Labute approximate surface area is 97.8 Å². The highest BCUT2D eigenvalue weighted by molar-refractivity contribution is 5.68. The zero-order valence-electron chi connectivity index (χ0n) is 10.6. The molecule has 3 nitrogen and oxygen atoms in total. The topological polar surface area (TPSA) is 40.5 Å². The van der Waals surface area contributed by atoms with Gasteiger partial charge < -0.3 is 5.11 Å². The molecule has 2 bridgehead atoms. The fourth-order valence-corrected chi connectivity index (χ4v) is 3.88. The third-order valence-electron chi connectivity index (χ3n) is 4.95. The Hall–Kier alpha value is -0.570. The fourth-order valence-electron chi connectivity index (χ4n) is 3.88. The van der Waals surface area contributed by atoms with E-state index in [0.29, 0.717) is 11.3 Å². The summed E-state index contributed by atoms with van der Waals surface area (Å²) in [5.41, 5.74) is 0.507. The van der Waals surface area contributed by atoms with Crippen LogP contribution in [0.3, 0.4) is 0 Å². The van der Waals surface area contributed by atoms with Crippen LogP contribution in [0.1, 0.15) is 33.1 Å². The Bertz CT molecular complexity index is 286. The van der Waals surface area contributed by atoms with Crippen molar-refractivity contribution in [2.45, 2.75) is 33.1 Å². The number of fused-ring (bicyclic) bond motifs is 2. The largest absolute Gasteiger partial charge is 0.480 e. The number of aliphatic carboxylic acids is 1. The minimum Gasteiger partial charge on any atom is -0.480 e. The van der Waals surface area contributed by atoms with Crippen molar-refractivity contribution >= 4 is 5.97 Å². The standard InChI is InChI=1S/C13H23NO2/c1-13(2)10-5-4-9(11(13)6-10)7-14(3)8-12(15)16/h9-11H,4-8H2,1-3H3,(H,15,16)/t9-,10-,11?/m0/s1. The molecule has 0 aromatic rings. The molecule has 1 unspecified atom stereocenters. The number of nitrogens with zero attached hydrogens (tertiary/aromatic N) is 1. The number of carbonyl (C=O) groups is 1. The van der Waals surface area contributed by atoms with Crippen molar-refractivity contribution in [1.29, 1.82) is 0 Å². The van der Waals surface area contributed by atoms with Crippen LogP contribution in [0.25, 0.3) is 0 Å². The predicted molar refractivity (Wildman–Crippen MR) is 63.2 cm³/mol. The maximum Gasteiger partial charge on any atom is 0.317 e. The van der Waals surface area contributed by atoms with Gasteiger partial charge in [-0.25, -0.2) is 0 Å². The molecule has 3 rings (SSSR count). The van der Waals surface area contributed by atoms with Crippen LogP contribution in [-0.4, -0.2) is 36.1 Å². The van der Waals surface area contributed by atoms with E-state index in [4.69, 9.17) is 5.11 Å². The first-order chi connectivity index (χ1) is 7.41. The van der Waals surface area contributed by atoms with E-state index >= 15 is 0 Å². The van der Waals surface area contributed by atoms with Crippen molar-refractivity contribution in [1.82, 2.24) is 4.90 Å². The molecule has 3 fully saturated rings. The van der Waals surface area contributed by atoms with E-state index < -0.39 is 5.97 Å². The summed E-state index contributed by atoms with van der Waals surface area (Å²) in [5.74, 6) is 1.74. The SMILES string of the molecule is CN(CC(=O)O)C[C@@H]1CC[C@H]2CC1C2(C)C. The van der Waals surface area contributed by atoms with Crippen LogP contribution < -0.4 is 0 Å². The number of hydrogen-bond donors (Lipinski definition) is 1. The molecule has 16 heavy (non-hydrogen) atoms. The third-order valence-corrected chi connectivity index (χ3v) is 4.95. The summed E-state index contributed by atoms with van der Waals surface area (Å²) in [6, 6.07) is 0. The quantitative estimate of drug-likeness (QED) is 0.796. The lowest BCUT2D eigenvalue weighted by Crippen LogP contribution is -2.54. The van der Waals surface area contributed by atoms with Gasteiger partial charge >= 0.3 is 5.97 Å². The monoisotopic (exact) mass is 225 g/mol. The molecule has 3 saturated carbocycles. The molecular weight excluding hydrogens is 202 g/mol. The van der Waals surface area contributed by atoms with Gasteiger partial charge in [0.1, 0.15) is 0 Å². The van der Waals surface area contributed by atoms with Crippen molar-refractivity contribution < 1.29 is 9.90 Å². The molecule has 1 N–H and O–H groups in total. The molecular formula is C13H23NO2. The Morgan fingerprint density at radius 2 is 2.12 bits per heavy atom. The first kappa shape index (κ1) is 11.9. The van der Waals surface area contributed by atoms with Crippen LogP contribution in [0.5, 0.6) is 0 Å². The van der Waals surface area contributed by atoms with E-state index in [1.54, 1.807) is 0 Å².